The Hall–Kier alpha value is -2.82. The Morgan fingerprint density at radius 3 is 2.10 bits per heavy atom. The highest BCUT2D eigenvalue weighted by molar-refractivity contribution is 5.88. The predicted molar refractivity (Wildman–Crippen MR) is 116 cm³/mol. The van der Waals surface area contributed by atoms with Crippen molar-refractivity contribution in [2.75, 3.05) is 7.11 Å². The van der Waals surface area contributed by atoms with Crippen LogP contribution in [0, 0.1) is 6.92 Å². The van der Waals surface area contributed by atoms with E-state index >= 15 is 0 Å². The summed E-state index contributed by atoms with van der Waals surface area (Å²) in [4.78, 5) is 27.7. The number of carbonyl (C=O) groups is 2. The standard InChI is InChI=1S/C24H32N2O3/c1-6-22(24(28)25-17(2)3)26(16-20-9-7-18(4)8-10-20)23(27)15-19-11-13-21(29-5)14-12-19/h7-14,17,22H,6,15-16H2,1-5H3,(H,25,28)/t22-/m0/s1. The first-order chi connectivity index (χ1) is 13.8. The highest BCUT2D eigenvalue weighted by atomic mass is 16.5. The molecule has 2 aromatic carbocycles. The van der Waals surface area contributed by atoms with E-state index in [2.05, 4.69) is 5.32 Å². The SMILES string of the molecule is CC[C@@H](C(=O)NC(C)C)N(Cc1ccc(C)cc1)C(=O)Cc1ccc(OC)cc1. The number of amides is 2. The molecule has 2 amide bonds. The summed E-state index contributed by atoms with van der Waals surface area (Å²) < 4.78 is 5.19. The van der Waals surface area contributed by atoms with Gasteiger partial charge in [-0.1, -0.05) is 48.9 Å². The molecule has 0 aliphatic heterocycles. The van der Waals surface area contributed by atoms with Gasteiger partial charge in [0.15, 0.2) is 0 Å². The molecule has 0 saturated carbocycles. The van der Waals surface area contributed by atoms with Crippen molar-refractivity contribution in [3.8, 4) is 5.75 Å². The topological polar surface area (TPSA) is 58.6 Å². The monoisotopic (exact) mass is 396 g/mol. The molecule has 0 aliphatic rings. The number of nitrogens with one attached hydrogen (secondary N) is 1. The van der Waals surface area contributed by atoms with Crippen molar-refractivity contribution in [2.45, 2.75) is 59.2 Å². The van der Waals surface area contributed by atoms with Gasteiger partial charge in [-0.15, -0.1) is 0 Å². The van der Waals surface area contributed by atoms with Crippen LogP contribution in [0.2, 0.25) is 0 Å². The molecule has 1 atom stereocenters. The molecule has 0 heterocycles. The molecular weight excluding hydrogens is 364 g/mol. The minimum absolute atomic E-state index is 0.0227. The van der Waals surface area contributed by atoms with E-state index in [9.17, 15) is 9.59 Å². The molecule has 5 heteroatoms. The molecule has 2 aromatic rings. The zero-order chi connectivity index (χ0) is 21.4. The van der Waals surface area contributed by atoms with Crippen molar-refractivity contribution in [3.05, 3.63) is 65.2 Å². The van der Waals surface area contributed by atoms with Crippen molar-refractivity contribution in [3.63, 3.8) is 0 Å². The van der Waals surface area contributed by atoms with Gasteiger partial charge < -0.3 is 15.0 Å². The van der Waals surface area contributed by atoms with Crippen LogP contribution in [0.5, 0.6) is 5.75 Å². The molecule has 0 saturated heterocycles. The molecule has 0 spiro atoms. The first-order valence-corrected chi connectivity index (χ1v) is 10.1. The van der Waals surface area contributed by atoms with Crippen molar-refractivity contribution >= 4 is 11.8 Å². The van der Waals surface area contributed by atoms with Gasteiger partial charge in [0.2, 0.25) is 11.8 Å². The third-order valence-electron chi connectivity index (χ3n) is 4.80. The quantitative estimate of drug-likeness (QED) is 0.700. The second-order valence-corrected chi connectivity index (χ2v) is 7.62. The zero-order valence-electron chi connectivity index (χ0n) is 18.1. The number of rotatable bonds is 9. The summed E-state index contributed by atoms with van der Waals surface area (Å²) in [5.74, 6) is 0.569. The van der Waals surface area contributed by atoms with E-state index in [1.54, 1.807) is 12.0 Å². The molecule has 0 unspecified atom stereocenters. The number of nitrogens with zero attached hydrogens (tertiary/aromatic N) is 1. The van der Waals surface area contributed by atoms with Crippen molar-refractivity contribution in [1.29, 1.82) is 0 Å². The van der Waals surface area contributed by atoms with Gasteiger partial charge in [0.25, 0.3) is 0 Å². The van der Waals surface area contributed by atoms with Crippen molar-refractivity contribution in [2.24, 2.45) is 0 Å². The Balaban J connectivity index is 2.26. The van der Waals surface area contributed by atoms with Crippen LogP contribution in [0.1, 0.15) is 43.9 Å². The van der Waals surface area contributed by atoms with Gasteiger partial charge >= 0.3 is 0 Å². The summed E-state index contributed by atoms with van der Waals surface area (Å²) in [5.41, 5.74) is 3.06. The van der Waals surface area contributed by atoms with E-state index in [0.717, 1.165) is 22.4 Å². The first kappa shape index (κ1) is 22.5. The van der Waals surface area contributed by atoms with E-state index in [1.165, 1.54) is 0 Å². The van der Waals surface area contributed by atoms with Crippen LogP contribution in [0.3, 0.4) is 0 Å². The molecule has 5 nitrogen and oxygen atoms in total. The van der Waals surface area contributed by atoms with Gasteiger partial charge in [0.1, 0.15) is 11.8 Å². The Morgan fingerprint density at radius 1 is 1.00 bits per heavy atom. The minimum Gasteiger partial charge on any atom is -0.497 e. The van der Waals surface area contributed by atoms with Gasteiger partial charge in [-0.05, 0) is 50.5 Å². The summed E-state index contributed by atoms with van der Waals surface area (Å²) in [6.07, 6.45) is 0.792. The molecular formula is C24H32N2O3. The number of hydrogen-bond donors (Lipinski definition) is 1. The van der Waals surface area contributed by atoms with E-state index in [1.807, 2.05) is 76.2 Å². The van der Waals surface area contributed by atoms with Gasteiger partial charge in [0.05, 0.1) is 13.5 Å². The largest absolute Gasteiger partial charge is 0.497 e. The Morgan fingerprint density at radius 2 is 1.59 bits per heavy atom. The zero-order valence-corrected chi connectivity index (χ0v) is 18.1. The fraction of sp³-hybridized carbons (Fsp3) is 0.417. The number of ether oxygens (including phenoxy) is 1. The maximum atomic E-state index is 13.2. The molecule has 2 rings (SSSR count). The van der Waals surface area contributed by atoms with Crippen molar-refractivity contribution in [1.82, 2.24) is 10.2 Å². The number of carbonyl (C=O) groups excluding carboxylic acids is 2. The maximum absolute atomic E-state index is 13.2. The average molecular weight is 397 g/mol. The normalized spacial score (nSPS) is 11.8. The lowest BCUT2D eigenvalue weighted by molar-refractivity contribution is -0.141. The van der Waals surface area contributed by atoms with E-state index in [0.29, 0.717) is 13.0 Å². The van der Waals surface area contributed by atoms with Crippen LogP contribution < -0.4 is 10.1 Å². The first-order valence-electron chi connectivity index (χ1n) is 10.1. The van der Waals surface area contributed by atoms with E-state index in [4.69, 9.17) is 4.74 Å². The lowest BCUT2D eigenvalue weighted by Gasteiger charge is -2.31. The van der Waals surface area contributed by atoms with Gasteiger partial charge in [0, 0.05) is 12.6 Å². The highest BCUT2D eigenvalue weighted by Crippen LogP contribution is 2.17. The van der Waals surface area contributed by atoms with E-state index < -0.39 is 6.04 Å². The van der Waals surface area contributed by atoms with Gasteiger partial charge in [-0.3, -0.25) is 9.59 Å². The second kappa shape index (κ2) is 10.6. The maximum Gasteiger partial charge on any atom is 0.243 e. The number of aryl methyl sites for hydroxylation is 1. The molecule has 0 aromatic heterocycles. The van der Waals surface area contributed by atoms with Crippen molar-refractivity contribution < 1.29 is 14.3 Å². The van der Waals surface area contributed by atoms with Crippen LogP contribution in [0.15, 0.2) is 48.5 Å². The molecule has 156 valence electrons. The van der Waals surface area contributed by atoms with Gasteiger partial charge in [-0.2, -0.15) is 0 Å². The average Bonchev–Trinajstić information content (AvgIpc) is 2.69. The van der Waals surface area contributed by atoms with Crippen LogP contribution in [0.4, 0.5) is 0 Å². The fourth-order valence-electron chi connectivity index (χ4n) is 3.21. The van der Waals surface area contributed by atoms with Crippen LogP contribution in [0.25, 0.3) is 0 Å². The summed E-state index contributed by atoms with van der Waals surface area (Å²) >= 11 is 0. The molecule has 1 N–H and O–H groups in total. The summed E-state index contributed by atoms with van der Waals surface area (Å²) in [6, 6.07) is 15.0. The molecule has 29 heavy (non-hydrogen) atoms. The van der Waals surface area contributed by atoms with E-state index in [-0.39, 0.29) is 24.3 Å². The molecule has 0 fully saturated rings. The number of methoxy groups -OCH3 is 1. The summed E-state index contributed by atoms with van der Waals surface area (Å²) in [5, 5.41) is 2.95. The van der Waals surface area contributed by atoms with Crippen LogP contribution in [-0.4, -0.2) is 35.9 Å². The minimum atomic E-state index is -0.510. The summed E-state index contributed by atoms with van der Waals surface area (Å²) in [6.45, 7) is 8.22. The Bertz CT molecular complexity index is 798. The lowest BCUT2D eigenvalue weighted by Crippen LogP contribution is -2.50. The number of hydrogen-bond acceptors (Lipinski definition) is 3. The number of benzene rings is 2. The Kier molecular flexibility index (Phi) is 8.25. The smallest absolute Gasteiger partial charge is 0.243 e. The van der Waals surface area contributed by atoms with Crippen LogP contribution >= 0.6 is 0 Å². The van der Waals surface area contributed by atoms with Gasteiger partial charge in [-0.25, -0.2) is 0 Å². The summed E-state index contributed by atoms with van der Waals surface area (Å²) in [7, 11) is 1.61. The highest BCUT2D eigenvalue weighted by Gasteiger charge is 2.28. The molecule has 0 radical (unpaired) electrons. The fourth-order valence-corrected chi connectivity index (χ4v) is 3.21. The lowest BCUT2D eigenvalue weighted by atomic mass is 10.1. The Labute approximate surface area is 174 Å². The molecule has 0 aliphatic carbocycles. The third-order valence-corrected chi connectivity index (χ3v) is 4.80. The second-order valence-electron chi connectivity index (χ2n) is 7.62. The predicted octanol–water partition coefficient (Wildman–Crippen LogP) is 3.88. The third kappa shape index (κ3) is 6.63. The van der Waals surface area contributed by atoms with Crippen LogP contribution in [-0.2, 0) is 22.6 Å². The molecule has 0 bridgehead atoms.